The van der Waals surface area contributed by atoms with Crippen molar-refractivity contribution in [1.82, 2.24) is 0 Å². The minimum absolute atomic E-state index is 0.0144. The summed E-state index contributed by atoms with van der Waals surface area (Å²) in [5.74, 6) is -0.432. The van der Waals surface area contributed by atoms with E-state index in [0.717, 1.165) is 12.7 Å². The van der Waals surface area contributed by atoms with Crippen molar-refractivity contribution in [2.75, 3.05) is 20.3 Å². The molecule has 1 aromatic carbocycles. The Morgan fingerprint density at radius 1 is 1.04 bits per heavy atom. The second kappa shape index (κ2) is 20.2. The maximum absolute atomic E-state index is 11.9. The van der Waals surface area contributed by atoms with E-state index in [0.29, 0.717) is 0 Å². The van der Waals surface area contributed by atoms with Gasteiger partial charge in [-0.1, -0.05) is 78.3 Å². The topological polar surface area (TPSA) is 82.1 Å². The number of hydrogen-bond donors (Lipinski definition) is 1. The van der Waals surface area contributed by atoms with Crippen LogP contribution in [0, 0.1) is 5.41 Å². The lowest BCUT2D eigenvalue weighted by atomic mass is 9.93. The smallest absolute Gasteiger partial charge is 0.460 e. The Hall–Kier alpha value is -2.08. The molecule has 0 saturated carbocycles. The molecule has 2 rings (SSSR count). The molecule has 27 heavy (non-hydrogen) atoms. The van der Waals surface area contributed by atoms with Gasteiger partial charge in [-0.25, -0.2) is 4.79 Å². The predicted molar refractivity (Wildman–Crippen MR) is 108 cm³/mol. The van der Waals surface area contributed by atoms with E-state index in [1.807, 2.05) is 58.0 Å². The van der Waals surface area contributed by atoms with Crippen molar-refractivity contribution in [2.45, 2.75) is 61.5 Å². The Kier molecular flexibility index (Phi) is 22.2. The SMILES string of the molecule is CC.CC.CC1(C(=O)OCc2ccccc2)COC(=O)OC1.CCC.CO. The summed E-state index contributed by atoms with van der Waals surface area (Å²) in [6.45, 7) is 14.1. The van der Waals surface area contributed by atoms with Crippen LogP contribution in [0.1, 0.15) is 60.5 Å². The van der Waals surface area contributed by atoms with E-state index in [2.05, 4.69) is 13.8 Å². The number of benzene rings is 1. The number of ether oxygens (including phenoxy) is 3. The van der Waals surface area contributed by atoms with Gasteiger partial charge >= 0.3 is 12.1 Å². The van der Waals surface area contributed by atoms with Gasteiger partial charge in [0, 0.05) is 7.11 Å². The van der Waals surface area contributed by atoms with E-state index >= 15 is 0 Å². The normalized spacial score (nSPS) is 13.0. The summed E-state index contributed by atoms with van der Waals surface area (Å²) in [6.07, 6.45) is 0.503. The van der Waals surface area contributed by atoms with Crippen LogP contribution in [-0.4, -0.2) is 37.6 Å². The van der Waals surface area contributed by atoms with Crippen molar-refractivity contribution in [3.05, 3.63) is 35.9 Å². The summed E-state index contributed by atoms with van der Waals surface area (Å²) in [4.78, 5) is 22.7. The molecule has 158 valence electrons. The van der Waals surface area contributed by atoms with E-state index in [4.69, 9.17) is 19.3 Å². The molecule has 0 atom stereocenters. The first-order valence-corrected chi connectivity index (χ1v) is 9.47. The molecule has 1 N–H and O–H groups in total. The van der Waals surface area contributed by atoms with Crippen molar-refractivity contribution < 1.29 is 28.9 Å². The Morgan fingerprint density at radius 2 is 1.44 bits per heavy atom. The Labute approximate surface area is 164 Å². The van der Waals surface area contributed by atoms with E-state index in [-0.39, 0.29) is 19.8 Å². The lowest BCUT2D eigenvalue weighted by Crippen LogP contribution is -2.44. The van der Waals surface area contributed by atoms with Gasteiger partial charge in [0.1, 0.15) is 25.2 Å². The van der Waals surface area contributed by atoms with Crippen LogP contribution in [0.5, 0.6) is 0 Å². The molecule has 1 saturated heterocycles. The molecule has 0 unspecified atom stereocenters. The van der Waals surface area contributed by atoms with Crippen molar-refractivity contribution in [2.24, 2.45) is 5.41 Å². The fourth-order valence-corrected chi connectivity index (χ4v) is 1.53. The minimum atomic E-state index is -0.928. The molecular weight excluding hydrogens is 348 g/mol. The maximum atomic E-state index is 11.9. The van der Waals surface area contributed by atoms with Crippen LogP contribution in [0.3, 0.4) is 0 Å². The Bertz CT molecular complexity index is 449. The monoisotopic (exact) mass is 386 g/mol. The van der Waals surface area contributed by atoms with Crippen LogP contribution < -0.4 is 0 Å². The summed E-state index contributed by atoms with van der Waals surface area (Å²) in [5, 5.41) is 7.00. The zero-order valence-corrected chi connectivity index (χ0v) is 18.2. The Morgan fingerprint density at radius 3 is 1.85 bits per heavy atom. The zero-order valence-electron chi connectivity index (χ0n) is 18.2. The first kappa shape index (κ1) is 29.7. The lowest BCUT2D eigenvalue weighted by molar-refractivity contribution is -0.167. The highest BCUT2D eigenvalue weighted by Crippen LogP contribution is 2.24. The molecule has 0 radical (unpaired) electrons. The molecule has 0 amide bonds. The summed E-state index contributed by atoms with van der Waals surface area (Å²) >= 11 is 0. The summed E-state index contributed by atoms with van der Waals surface area (Å²) in [6, 6.07) is 9.37. The largest absolute Gasteiger partial charge is 0.508 e. The van der Waals surface area contributed by atoms with Gasteiger partial charge in [-0.3, -0.25) is 4.79 Å². The molecule has 6 heteroatoms. The molecule has 6 nitrogen and oxygen atoms in total. The molecule has 1 fully saturated rings. The van der Waals surface area contributed by atoms with Gasteiger partial charge in [0.25, 0.3) is 0 Å². The highest BCUT2D eigenvalue weighted by Gasteiger charge is 2.41. The van der Waals surface area contributed by atoms with Crippen molar-refractivity contribution in [1.29, 1.82) is 0 Å². The highest BCUT2D eigenvalue weighted by atomic mass is 16.7. The number of aliphatic hydroxyl groups is 1. The highest BCUT2D eigenvalue weighted by molar-refractivity contribution is 5.78. The van der Waals surface area contributed by atoms with Gasteiger partial charge < -0.3 is 19.3 Å². The Balaban J connectivity index is -0.000000555. The number of aliphatic hydroxyl groups excluding tert-OH is 1. The zero-order chi connectivity index (χ0) is 21.7. The first-order valence-electron chi connectivity index (χ1n) is 9.47. The van der Waals surface area contributed by atoms with Crippen molar-refractivity contribution in [3.8, 4) is 0 Å². The van der Waals surface area contributed by atoms with E-state index in [1.165, 1.54) is 6.42 Å². The summed E-state index contributed by atoms with van der Waals surface area (Å²) in [5.41, 5.74) is -0.0222. The maximum Gasteiger partial charge on any atom is 0.508 e. The molecule has 0 spiro atoms. The number of carbonyl (C=O) groups excluding carboxylic acids is 2. The second-order valence-electron chi connectivity index (χ2n) is 5.16. The van der Waals surface area contributed by atoms with Gasteiger partial charge in [0.2, 0.25) is 0 Å². The van der Waals surface area contributed by atoms with Gasteiger partial charge in [-0.05, 0) is 12.5 Å². The lowest BCUT2D eigenvalue weighted by Gasteiger charge is -2.29. The summed E-state index contributed by atoms with van der Waals surface area (Å²) in [7, 11) is 1.00. The third-order valence-corrected chi connectivity index (χ3v) is 2.72. The molecule has 1 aliphatic rings. The second-order valence-corrected chi connectivity index (χ2v) is 5.16. The summed E-state index contributed by atoms with van der Waals surface area (Å²) < 4.78 is 14.6. The van der Waals surface area contributed by atoms with Gasteiger partial charge in [-0.15, -0.1) is 0 Å². The van der Waals surface area contributed by atoms with Crippen LogP contribution in [0.25, 0.3) is 0 Å². The molecule has 1 heterocycles. The molecule has 0 bridgehead atoms. The fraction of sp³-hybridized carbons (Fsp3) is 0.619. The fourth-order valence-electron chi connectivity index (χ4n) is 1.53. The van der Waals surface area contributed by atoms with Gasteiger partial charge in [-0.2, -0.15) is 0 Å². The molecule has 1 aliphatic heterocycles. The third-order valence-electron chi connectivity index (χ3n) is 2.72. The van der Waals surface area contributed by atoms with Gasteiger partial charge in [0.15, 0.2) is 0 Å². The minimum Gasteiger partial charge on any atom is -0.460 e. The average molecular weight is 387 g/mol. The van der Waals surface area contributed by atoms with Crippen LogP contribution in [0.15, 0.2) is 30.3 Å². The standard InChI is InChI=1S/C13H14O5.C3H8.2C2H6.CH4O/c1-13(8-17-12(15)18-9-13)11(14)16-7-10-5-3-2-4-6-10;1-3-2;3*1-2/h2-6H,7-9H2,1H3;3H2,1-2H3;2*1-2H3;2H,1H3. The number of esters is 1. The van der Waals surface area contributed by atoms with Gasteiger partial charge in [0.05, 0.1) is 0 Å². The third kappa shape index (κ3) is 13.7. The number of cyclic esters (lactones) is 2. The van der Waals surface area contributed by atoms with Crippen LogP contribution in [-0.2, 0) is 25.6 Å². The van der Waals surface area contributed by atoms with Crippen LogP contribution in [0.4, 0.5) is 4.79 Å². The first-order chi connectivity index (χ1) is 13.0. The molecule has 1 aromatic rings. The molecule has 0 aliphatic carbocycles. The van der Waals surface area contributed by atoms with E-state index < -0.39 is 17.5 Å². The van der Waals surface area contributed by atoms with Crippen LogP contribution in [0.2, 0.25) is 0 Å². The van der Waals surface area contributed by atoms with Crippen molar-refractivity contribution in [3.63, 3.8) is 0 Å². The van der Waals surface area contributed by atoms with Crippen LogP contribution >= 0.6 is 0 Å². The van der Waals surface area contributed by atoms with Crippen molar-refractivity contribution >= 4 is 12.1 Å². The van der Waals surface area contributed by atoms with E-state index in [1.54, 1.807) is 6.92 Å². The van der Waals surface area contributed by atoms with E-state index in [9.17, 15) is 9.59 Å². The average Bonchev–Trinajstić information content (AvgIpc) is 2.74. The quantitative estimate of drug-likeness (QED) is 0.738. The number of rotatable bonds is 3. The molecular formula is C21H38O6. The number of carbonyl (C=O) groups is 2. The number of hydrogen-bond acceptors (Lipinski definition) is 6. The molecule has 0 aromatic heterocycles. The predicted octanol–water partition coefficient (Wildman–Crippen LogP) is 4.98.